The highest BCUT2D eigenvalue weighted by atomic mass is 127. The zero-order chi connectivity index (χ0) is 11.4. The molecule has 0 fully saturated rings. The standard InChI is InChI=1S/C11H10IN3O/c12-3-4-15-11(16)8-1-2-9-10(7-8)14-6-5-13-9/h1-2,5-7H,3-4H2,(H,15,16). The molecule has 1 aromatic carbocycles. The van der Waals surface area contributed by atoms with Gasteiger partial charge < -0.3 is 5.32 Å². The maximum atomic E-state index is 11.7. The molecule has 0 aliphatic heterocycles. The van der Waals surface area contributed by atoms with Gasteiger partial charge in [0.15, 0.2) is 0 Å². The molecule has 4 nitrogen and oxygen atoms in total. The number of amides is 1. The summed E-state index contributed by atoms with van der Waals surface area (Å²) in [5.41, 5.74) is 2.16. The van der Waals surface area contributed by atoms with Crippen molar-refractivity contribution in [3.63, 3.8) is 0 Å². The SMILES string of the molecule is O=C(NCCI)c1ccc2nccnc2c1. The highest BCUT2D eigenvalue weighted by Crippen LogP contribution is 2.10. The largest absolute Gasteiger partial charge is 0.351 e. The van der Waals surface area contributed by atoms with Gasteiger partial charge in [0.25, 0.3) is 5.91 Å². The molecular formula is C11H10IN3O. The second kappa shape index (κ2) is 5.20. The Bertz CT molecular complexity index is 515. The molecule has 0 aliphatic carbocycles. The lowest BCUT2D eigenvalue weighted by atomic mass is 10.2. The van der Waals surface area contributed by atoms with Gasteiger partial charge in [0.05, 0.1) is 11.0 Å². The van der Waals surface area contributed by atoms with Crippen molar-refractivity contribution in [1.82, 2.24) is 15.3 Å². The third-order valence-corrected chi connectivity index (χ3v) is 2.65. The Balaban J connectivity index is 2.28. The molecule has 1 N–H and O–H groups in total. The summed E-state index contributed by atoms with van der Waals surface area (Å²) in [5, 5.41) is 2.82. The summed E-state index contributed by atoms with van der Waals surface area (Å²) >= 11 is 2.22. The maximum absolute atomic E-state index is 11.7. The first-order valence-corrected chi connectivity index (χ1v) is 6.39. The molecule has 0 atom stereocenters. The molecule has 0 saturated carbocycles. The van der Waals surface area contributed by atoms with Gasteiger partial charge in [-0.15, -0.1) is 0 Å². The molecule has 0 unspecified atom stereocenters. The number of nitrogens with zero attached hydrogens (tertiary/aromatic N) is 2. The van der Waals surface area contributed by atoms with Gasteiger partial charge in [0.2, 0.25) is 0 Å². The average Bonchev–Trinajstić information content (AvgIpc) is 2.35. The molecule has 0 aliphatic rings. The van der Waals surface area contributed by atoms with Gasteiger partial charge in [-0.2, -0.15) is 0 Å². The van der Waals surface area contributed by atoms with E-state index in [-0.39, 0.29) is 5.91 Å². The van der Waals surface area contributed by atoms with Crippen LogP contribution in [0.2, 0.25) is 0 Å². The van der Waals surface area contributed by atoms with Crippen molar-refractivity contribution in [3.8, 4) is 0 Å². The van der Waals surface area contributed by atoms with E-state index in [4.69, 9.17) is 0 Å². The second-order valence-electron chi connectivity index (χ2n) is 3.20. The van der Waals surface area contributed by atoms with Crippen LogP contribution in [0.4, 0.5) is 0 Å². The summed E-state index contributed by atoms with van der Waals surface area (Å²) < 4.78 is 0.900. The molecule has 16 heavy (non-hydrogen) atoms. The molecule has 0 saturated heterocycles. The number of fused-ring (bicyclic) bond motifs is 1. The van der Waals surface area contributed by atoms with Crippen LogP contribution in [-0.4, -0.2) is 26.8 Å². The number of benzene rings is 1. The summed E-state index contributed by atoms with van der Waals surface area (Å²) in [6.07, 6.45) is 3.26. The van der Waals surface area contributed by atoms with E-state index in [2.05, 4.69) is 37.9 Å². The van der Waals surface area contributed by atoms with Crippen molar-refractivity contribution in [2.45, 2.75) is 0 Å². The molecule has 0 bridgehead atoms. The maximum Gasteiger partial charge on any atom is 0.251 e. The summed E-state index contributed by atoms with van der Waals surface area (Å²) in [5.74, 6) is -0.0655. The summed E-state index contributed by atoms with van der Waals surface area (Å²) in [6, 6.07) is 5.33. The van der Waals surface area contributed by atoms with Crippen molar-refractivity contribution < 1.29 is 4.79 Å². The van der Waals surface area contributed by atoms with E-state index in [0.29, 0.717) is 12.1 Å². The Kier molecular flexibility index (Phi) is 3.66. The van der Waals surface area contributed by atoms with E-state index in [0.717, 1.165) is 15.5 Å². The number of hydrogen-bond acceptors (Lipinski definition) is 3. The quantitative estimate of drug-likeness (QED) is 0.691. The minimum absolute atomic E-state index is 0.0655. The fourth-order valence-electron chi connectivity index (χ4n) is 1.37. The normalized spacial score (nSPS) is 10.3. The van der Waals surface area contributed by atoms with E-state index in [9.17, 15) is 4.79 Å². The number of hydrogen-bond donors (Lipinski definition) is 1. The number of aromatic nitrogens is 2. The van der Waals surface area contributed by atoms with Crippen molar-refractivity contribution in [3.05, 3.63) is 36.2 Å². The Morgan fingerprint density at radius 1 is 1.25 bits per heavy atom. The molecule has 2 rings (SSSR count). The van der Waals surface area contributed by atoms with Crippen LogP contribution < -0.4 is 5.32 Å². The van der Waals surface area contributed by atoms with Gasteiger partial charge in [-0.25, -0.2) is 0 Å². The molecule has 1 heterocycles. The summed E-state index contributed by atoms with van der Waals surface area (Å²) in [7, 11) is 0. The fourth-order valence-corrected chi connectivity index (χ4v) is 1.64. The van der Waals surface area contributed by atoms with Crippen LogP contribution in [0.1, 0.15) is 10.4 Å². The van der Waals surface area contributed by atoms with Gasteiger partial charge in [-0.1, -0.05) is 22.6 Å². The van der Waals surface area contributed by atoms with Crippen LogP contribution >= 0.6 is 22.6 Å². The molecule has 1 amide bonds. The summed E-state index contributed by atoms with van der Waals surface area (Å²) in [4.78, 5) is 20.0. The first kappa shape index (κ1) is 11.3. The minimum atomic E-state index is -0.0655. The van der Waals surface area contributed by atoms with Crippen molar-refractivity contribution >= 4 is 39.5 Å². The number of nitrogens with one attached hydrogen (secondary N) is 1. The number of carbonyl (C=O) groups is 1. The van der Waals surface area contributed by atoms with E-state index < -0.39 is 0 Å². The van der Waals surface area contributed by atoms with Crippen LogP contribution in [0.3, 0.4) is 0 Å². The van der Waals surface area contributed by atoms with Crippen LogP contribution in [-0.2, 0) is 0 Å². The average molecular weight is 327 g/mol. The lowest BCUT2D eigenvalue weighted by Crippen LogP contribution is -2.25. The van der Waals surface area contributed by atoms with E-state index in [1.165, 1.54) is 0 Å². The van der Waals surface area contributed by atoms with Crippen molar-refractivity contribution in [2.75, 3.05) is 11.0 Å². The van der Waals surface area contributed by atoms with Gasteiger partial charge in [0.1, 0.15) is 0 Å². The first-order valence-electron chi connectivity index (χ1n) is 4.86. The zero-order valence-electron chi connectivity index (χ0n) is 8.48. The van der Waals surface area contributed by atoms with Crippen LogP contribution in [0.5, 0.6) is 0 Å². The van der Waals surface area contributed by atoms with Crippen LogP contribution in [0.25, 0.3) is 11.0 Å². The first-order chi connectivity index (χ1) is 7.81. The van der Waals surface area contributed by atoms with E-state index >= 15 is 0 Å². The zero-order valence-corrected chi connectivity index (χ0v) is 10.6. The van der Waals surface area contributed by atoms with Crippen molar-refractivity contribution in [2.24, 2.45) is 0 Å². The molecule has 82 valence electrons. The van der Waals surface area contributed by atoms with Crippen LogP contribution in [0, 0.1) is 0 Å². The monoisotopic (exact) mass is 327 g/mol. The van der Waals surface area contributed by atoms with Crippen LogP contribution in [0.15, 0.2) is 30.6 Å². The molecule has 2 aromatic rings. The number of rotatable bonds is 3. The third-order valence-electron chi connectivity index (χ3n) is 2.11. The fraction of sp³-hybridized carbons (Fsp3) is 0.182. The van der Waals surface area contributed by atoms with Gasteiger partial charge in [0, 0.05) is 28.9 Å². The van der Waals surface area contributed by atoms with Gasteiger partial charge in [-0.3, -0.25) is 14.8 Å². The van der Waals surface area contributed by atoms with E-state index in [1.807, 2.05) is 0 Å². The lowest BCUT2D eigenvalue weighted by Gasteiger charge is -2.03. The predicted octanol–water partition coefficient (Wildman–Crippen LogP) is 1.79. The topological polar surface area (TPSA) is 54.9 Å². The molecular weight excluding hydrogens is 317 g/mol. The predicted molar refractivity (Wildman–Crippen MR) is 70.8 cm³/mol. The highest BCUT2D eigenvalue weighted by Gasteiger charge is 2.05. The number of alkyl halides is 1. The molecule has 0 radical (unpaired) electrons. The lowest BCUT2D eigenvalue weighted by molar-refractivity contribution is 0.0956. The number of carbonyl (C=O) groups excluding carboxylic acids is 1. The second-order valence-corrected chi connectivity index (χ2v) is 4.28. The Morgan fingerprint density at radius 2 is 2.00 bits per heavy atom. The Morgan fingerprint density at radius 3 is 2.75 bits per heavy atom. The van der Waals surface area contributed by atoms with Gasteiger partial charge >= 0.3 is 0 Å². The highest BCUT2D eigenvalue weighted by molar-refractivity contribution is 14.1. The number of halogens is 1. The summed E-state index contributed by atoms with van der Waals surface area (Å²) in [6.45, 7) is 0.678. The molecule has 0 spiro atoms. The molecule has 1 aromatic heterocycles. The minimum Gasteiger partial charge on any atom is -0.351 e. The smallest absolute Gasteiger partial charge is 0.251 e. The van der Waals surface area contributed by atoms with Crippen molar-refractivity contribution in [1.29, 1.82) is 0 Å². The van der Waals surface area contributed by atoms with E-state index in [1.54, 1.807) is 30.6 Å². The third kappa shape index (κ3) is 2.46. The Labute approximate surface area is 107 Å². The Hall–Kier alpha value is -1.24. The molecule has 5 heteroatoms. The van der Waals surface area contributed by atoms with Gasteiger partial charge in [-0.05, 0) is 18.2 Å².